The van der Waals surface area contributed by atoms with Gasteiger partial charge in [-0.15, -0.1) is 10.2 Å². The number of esters is 1. The minimum atomic E-state index is -0.544. The molecule has 3 rings (SSSR count). The predicted molar refractivity (Wildman–Crippen MR) is 83.0 cm³/mol. The molecule has 0 N–H and O–H groups in total. The average Bonchev–Trinajstić information content (AvgIpc) is 3.20. The van der Waals surface area contributed by atoms with Crippen molar-refractivity contribution in [2.24, 2.45) is 7.05 Å². The predicted octanol–water partition coefficient (Wildman–Crippen LogP) is 2.06. The van der Waals surface area contributed by atoms with E-state index in [1.807, 2.05) is 14.0 Å². The number of hydrogen-bond donors (Lipinski definition) is 0. The summed E-state index contributed by atoms with van der Waals surface area (Å²) in [4.78, 5) is 16.3. The van der Waals surface area contributed by atoms with Crippen LogP contribution in [0.1, 0.15) is 29.1 Å². The van der Waals surface area contributed by atoms with Crippen LogP contribution in [0.4, 0.5) is 4.39 Å². The fraction of sp³-hybridized carbons (Fsp3) is 0.250. The Morgan fingerprint density at radius 3 is 2.58 bits per heavy atom. The lowest BCUT2D eigenvalue weighted by molar-refractivity contribution is 0.0449. The first-order valence-electron chi connectivity index (χ1n) is 7.42. The van der Waals surface area contributed by atoms with Gasteiger partial charge in [-0.25, -0.2) is 14.2 Å². The van der Waals surface area contributed by atoms with Crippen LogP contribution in [0.25, 0.3) is 5.69 Å². The second kappa shape index (κ2) is 6.61. The van der Waals surface area contributed by atoms with Crippen LogP contribution in [0, 0.1) is 5.82 Å². The molecular formula is C16H16FN5O2. The van der Waals surface area contributed by atoms with Gasteiger partial charge < -0.3 is 9.30 Å². The van der Waals surface area contributed by atoms with Crippen LogP contribution < -0.4 is 0 Å². The van der Waals surface area contributed by atoms with E-state index < -0.39 is 5.97 Å². The zero-order valence-corrected chi connectivity index (χ0v) is 13.3. The summed E-state index contributed by atoms with van der Waals surface area (Å²) in [5.74, 6) is 0.486. The summed E-state index contributed by atoms with van der Waals surface area (Å²) in [6.45, 7) is 1.98. The van der Waals surface area contributed by atoms with Crippen molar-refractivity contribution in [3.63, 3.8) is 0 Å². The Labute approximate surface area is 137 Å². The highest BCUT2D eigenvalue weighted by atomic mass is 19.1. The molecule has 0 atom stereocenters. The molecule has 0 saturated heterocycles. The molecule has 0 radical (unpaired) electrons. The number of hydrogen-bond acceptors (Lipinski definition) is 5. The molecule has 7 nitrogen and oxygen atoms in total. The van der Waals surface area contributed by atoms with Gasteiger partial charge in [0.2, 0.25) is 0 Å². The van der Waals surface area contributed by atoms with Crippen LogP contribution >= 0.6 is 0 Å². The van der Waals surface area contributed by atoms with E-state index in [0.29, 0.717) is 11.5 Å². The Balaban J connectivity index is 1.75. The van der Waals surface area contributed by atoms with Gasteiger partial charge in [0.05, 0.1) is 12.5 Å². The van der Waals surface area contributed by atoms with E-state index in [2.05, 4.69) is 15.2 Å². The topological polar surface area (TPSA) is 74.8 Å². The molecule has 3 aromatic rings. The molecule has 2 heterocycles. The molecular weight excluding hydrogens is 313 g/mol. The van der Waals surface area contributed by atoms with Crippen molar-refractivity contribution in [3.05, 3.63) is 59.9 Å². The Bertz CT molecular complexity index is 854. The first-order valence-corrected chi connectivity index (χ1v) is 7.42. The van der Waals surface area contributed by atoms with E-state index in [-0.39, 0.29) is 18.1 Å². The first-order chi connectivity index (χ1) is 11.6. The largest absolute Gasteiger partial charge is 0.453 e. The van der Waals surface area contributed by atoms with Crippen LogP contribution in [-0.2, 0) is 24.8 Å². The number of aromatic nitrogens is 5. The zero-order valence-electron chi connectivity index (χ0n) is 13.3. The number of carbonyl (C=O) groups excluding carboxylic acids is 1. The Morgan fingerprint density at radius 1 is 1.21 bits per heavy atom. The summed E-state index contributed by atoms with van der Waals surface area (Å²) >= 11 is 0. The summed E-state index contributed by atoms with van der Waals surface area (Å²) in [7, 11) is 1.82. The van der Waals surface area contributed by atoms with E-state index >= 15 is 0 Å². The first kappa shape index (κ1) is 15.9. The molecule has 0 unspecified atom stereocenters. The maximum atomic E-state index is 13.0. The summed E-state index contributed by atoms with van der Waals surface area (Å²) in [5.41, 5.74) is 0.868. The van der Waals surface area contributed by atoms with Crippen molar-refractivity contribution < 1.29 is 13.9 Å². The van der Waals surface area contributed by atoms with Gasteiger partial charge in [-0.1, -0.05) is 6.92 Å². The van der Waals surface area contributed by atoms with Crippen molar-refractivity contribution in [1.82, 2.24) is 24.3 Å². The highest BCUT2D eigenvalue weighted by Gasteiger charge is 2.16. The highest BCUT2D eigenvalue weighted by molar-refractivity contribution is 5.88. The number of imidazole rings is 1. The number of benzene rings is 1. The van der Waals surface area contributed by atoms with Crippen molar-refractivity contribution in [2.45, 2.75) is 20.0 Å². The lowest BCUT2D eigenvalue weighted by Crippen LogP contribution is -2.12. The quantitative estimate of drug-likeness (QED) is 0.670. The van der Waals surface area contributed by atoms with E-state index in [0.717, 1.165) is 12.2 Å². The third-order valence-electron chi connectivity index (χ3n) is 3.66. The molecule has 2 aromatic heterocycles. The van der Waals surface area contributed by atoms with Crippen LogP contribution in [0.15, 0.2) is 36.8 Å². The Hall–Kier alpha value is -3.03. The van der Waals surface area contributed by atoms with Crippen molar-refractivity contribution in [1.29, 1.82) is 0 Å². The van der Waals surface area contributed by atoms with Crippen molar-refractivity contribution in [2.75, 3.05) is 0 Å². The van der Waals surface area contributed by atoms with E-state index in [4.69, 9.17) is 4.74 Å². The minimum absolute atomic E-state index is 0.0108. The van der Waals surface area contributed by atoms with Crippen LogP contribution in [0.3, 0.4) is 0 Å². The lowest BCUT2D eigenvalue weighted by atomic mass is 10.3. The van der Waals surface area contributed by atoms with Crippen LogP contribution in [0.5, 0.6) is 0 Å². The zero-order chi connectivity index (χ0) is 17.1. The second-order valence-corrected chi connectivity index (χ2v) is 5.15. The number of halogens is 1. The van der Waals surface area contributed by atoms with Gasteiger partial charge in [0.15, 0.2) is 18.1 Å². The maximum Gasteiger partial charge on any atom is 0.357 e. The summed E-state index contributed by atoms with van der Waals surface area (Å²) in [6, 6.07) is 5.75. The molecule has 0 bridgehead atoms. The fourth-order valence-corrected chi connectivity index (χ4v) is 2.29. The molecule has 0 aliphatic rings. The molecule has 8 heteroatoms. The molecule has 0 fully saturated rings. The van der Waals surface area contributed by atoms with Gasteiger partial charge in [0, 0.05) is 19.2 Å². The molecule has 0 amide bonds. The van der Waals surface area contributed by atoms with Crippen LogP contribution in [-0.4, -0.2) is 30.3 Å². The standard InChI is InChI=1S/C16H16FN5O2/c1-3-14-19-20-15(21(14)2)9-24-16(23)13-8-18-10-22(13)12-6-4-11(17)5-7-12/h4-8,10H,3,9H2,1-2H3. The summed E-state index contributed by atoms with van der Waals surface area (Å²) < 4.78 is 21.7. The molecule has 124 valence electrons. The minimum Gasteiger partial charge on any atom is -0.453 e. The van der Waals surface area contributed by atoms with Gasteiger partial charge in [0.25, 0.3) is 0 Å². The van der Waals surface area contributed by atoms with E-state index in [1.54, 1.807) is 16.7 Å². The molecule has 0 aliphatic heterocycles. The third-order valence-corrected chi connectivity index (χ3v) is 3.66. The normalized spacial score (nSPS) is 10.8. The number of ether oxygens (including phenoxy) is 1. The number of carbonyl (C=O) groups is 1. The van der Waals surface area contributed by atoms with Gasteiger partial charge in [-0.2, -0.15) is 0 Å². The third kappa shape index (κ3) is 3.03. The van der Waals surface area contributed by atoms with Crippen molar-refractivity contribution in [3.8, 4) is 5.69 Å². The summed E-state index contributed by atoms with van der Waals surface area (Å²) in [5, 5.41) is 8.02. The summed E-state index contributed by atoms with van der Waals surface area (Å²) in [6.07, 6.45) is 3.62. The van der Waals surface area contributed by atoms with Gasteiger partial charge in [0.1, 0.15) is 11.6 Å². The van der Waals surface area contributed by atoms with E-state index in [9.17, 15) is 9.18 Å². The SMILES string of the molecule is CCc1nnc(COC(=O)c2cncn2-c2ccc(F)cc2)n1C. The van der Waals surface area contributed by atoms with Crippen LogP contribution in [0.2, 0.25) is 0 Å². The number of aryl methyl sites for hydroxylation is 1. The highest BCUT2D eigenvalue weighted by Crippen LogP contribution is 2.14. The monoisotopic (exact) mass is 329 g/mol. The Morgan fingerprint density at radius 2 is 1.92 bits per heavy atom. The number of rotatable bonds is 5. The molecule has 0 aliphatic carbocycles. The Kier molecular flexibility index (Phi) is 4.37. The molecule has 0 spiro atoms. The van der Waals surface area contributed by atoms with Gasteiger partial charge >= 0.3 is 5.97 Å². The van der Waals surface area contributed by atoms with E-state index in [1.165, 1.54) is 29.2 Å². The lowest BCUT2D eigenvalue weighted by Gasteiger charge is -2.08. The second-order valence-electron chi connectivity index (χ2n) is 5.15. The van der Waals surface area contributed by atoms with Crippen molar-refractivity contribution >= 4 is 5.97 Å². The maximum absolute atomic E-state index is 13.0. The fourth-order valence-electron chi connectivity index (χ4n) is 2.29. The molecule has 1 aromatic carbocycles. The smallest absolute Gasteiger partial charge is 0.357 e. The molecule has 24 heavy (non-hydrogen) atoms. The van der Waals surface area contributed by atoms with Gasteiger partial charge in [-0.3, -0.25) is 4.57 Å². The average molecular weight is 329 g/mol. The van der Waals surface area contributed by atoms with Gasteiger partial charge in [-0.05, 0) is 24.3 Å². The molecule has 0 saturated carbocycles. The number of nitrogens with zero attached hydrogens (tertiary/aromatic N) is 5.